The van der Waals surface area contributed by atoms with Gasteiger partial charge in [-0.2, -0.15) is 5.10 Å². The fraction of sp³-hybridized carbons (Fsp3) is 0.200. The van der Waals surface area contributed by atoms with Gasteiger partial charge >= 0.3 is 0 Å². The SMILES string of the molecule is COc1ccc(NC(=S)NNC(=O)c2nn(C(C)C)c(=O)c3ccccc23)cc1. The number of aromatic nitrogens is 2. The summed E-state index contributed by atoms with van der Waals surface area (Å²) < 4.78 is 6.40. The summed E-state index contributed by atoms with van der Waals surface area (Å²) in [5.41, 5.74) is 5.80. The number of rotatable bonds is 4. The maximum atomic E-state index is 12.7. The van der Waals surface area contributed by atoms with Crippen LogP contribution in [0.25, 0.3) is 10.8 Å². The molecule has 29 heavy (non-hydrogen) atoms. The molecular formula is C20H21N5O3S. The Morgan fingerprint density at radius 3 is 2.34 bits per heavy atom. The molecule has 0 unspecified atom stereocenters. The van der Waals surface area contributed by atoms with Crippen LogP contribution in [0, 0.1) is 0 Å². The lowest BCUT2D eigenvalue weighted by Gasteiger charge is -2.15. The van der Waals surface area contributed by atoms with E-state index in [1.165, 1.54) is 4.68 Å². The summed E-state index contributed by atoms with van der Waals surface area (Å²) in [6, 6.07) is 13.8. The number of ether oxygens (including phenoxy) is 1. The van der Waals surface area contributed by atoms with E-state index in [-0.39, 0.29) is 22.4 Å². The highest BCUT2D eigenvalue weighted by atomic mass is 32.1. The van der Waals surface area contributed by atoms with Gasteiger partial charge < -0.3 is 10.1 Å². The molecule has 3 rings (SSSR count). The number of benzene rings is 2. The third kappa shape index (κ3) is 4.52. The fourth-order valence-electron chi connectivity index (χ4n) is 2.73. The van der Waals surface area contributed by atoms with Gasteiger partial charge in [0.2, 0.25) is 0 Å². The molecule has 0 spiro atoms. The Kier molecular flexibility index (Phi) is 6.08. The van der Waals surface area contributed by atoms with Gasteiger partial charge in [-0.1, -0.05) is 18.2 Å². The predicted octanol–water partition coefficient (Wildman–Crippen LogP) is 2.62. The minimum absolute atomic E-state index is 0.133. The van der Waals surface area contributed by atoms with Gasteiger partial charge in [-0.05, 0) is 56.4 Å². The summed E-state index contributed by atoms with van der Waals surface area (Å²) in [4.78, 5) is 25.3. The first-order chi connectivity index (χ1) is 13.9. The molecule has 0 aliphatic rings. The van der Waals surface area contributed by atoms with Crippen molar-refractivity contribution in [1.82, 2.24) is 20.6 Å². The quantitative estimate of drug-likeness (QED) is 0.448. The van der Waals surface area contributed by atoms with Crippen LogP contribution in [-0.2, 0) is 0 Å². The van der Waals surface area contributed by atoms with Crippen molar-refractivity contribution >= 4 is 39.7 Å². The van der Waals surface area contributed by atoms with Crippen LogP contribution in [0.4, 0.5) is 5.69 Å². The van der Waals surface area contributed by atoms with E-state index in [2.05, 4.69) is 21.3 Å². The van der Waals surface area contributed by atoms with Gasteiger partial charge in [0.15, 0.2) is 10.8 Å². The standard InChI is InChI=1S/C20H21N5O3S/c1-12(2)25-19(27)16-7-5-4-6-15(16)17(24-25)18(26)22-23-20(29)21-13-8-10-14(28-3)11-9-13/h4-12H,1-3H3,(H,22,26)(H2,21,23,29). The van der Waals surface area contributed by atoms with E-state index >= 15 is 0 Å². The number of nitrogens with zero attached hydrogens (tertiary/aromatic N) is 2. The number of nitrogens with one attached hydrogen (secondary N) is 3. The van der Waals surface area contributed by atoms with Gasteiger partial charge in [0.25, 0.3) is 11.5 Å². The van der Waals surface area contributed by atoms with E-state index in [1.807, 2.05) is 13.8 Å². The van der Waals surface area contributed by atoms with Crippen LogP contribution >= 0.6 is 12.2 Å². The third-order valence-electron chi connectivity index (χ3n) is 4.17. The zero-order valence-electron chi connectivity index (χ0n) is 16.2. The summed E-state index contributed by atoms with van der Waals surface area (Å²) in [5, 5.41) is 8.31. The number of hydrazine groups is 1. The summed E-state index contributed by atoms with van der Waals surface area (Å²) in [6.07, 6.45) is 0. The molecule has 150 valence electrons. The maximum absolute atomic E-state index is 12.7. The smallest absolute Gasteiger partial charge is 0.290 e. The lowest BCUT2D eigenvalue weighted by molar-refractivity contribution is 0.0938. The summed E-state index contributed by atoms with van der Waals surface area (Å²) in [7, 11) is 1.59. The first kappa shape index (κ1) is 20.3. The largest absolute Gasteiger partial charge is 0.497 e. The molecule has 0 saturated carbocycles. The number of methoxy groups -OCH3 is 1. The van der Waals surface area contributed by atoms with Gasteiger partial charge in [0.1, 0.15) is 5.75 Å². The Bertz CT molecular complexity index is 1110. The van der Waals surface area contributed by atoms with E-state index in [9.17, 15) is 9.59 Å². The first-order valence-corrected chi connectivity index (χ1v) is 9.34. The molecule has 2 aromatic carbocycles. The van der Waals surface area contributed by atoms with E-state index in [4.69, 9.17) is 17.0 Å². The molecule has 3 aromatic rings. The minimum atomic E-state index is -0.505. The van der Waals surface area contributed by atoms with Gasteiger partial charge in [-0.15, -0.1) is 0 Å². The second-order valence-electron chi connectivity index (χ2n) is 6.50. The summed E-state index contributed by atoms with van der Waals surface area (Å²) in [6.45, 7) is 3.66. The van der Waals surface area contributed by atoms with Gasteiger partial charge in [0, 0.05) is 11.1 Å². The Morgan fingerprint density at radius 2 is 1.72 bits per heavy atom. The molecule has 0 bridgehead atoms. The Balaban J connectivity index is 1.76. The molecule has 0 atom stereocenters. The molecule has 0 aliphatic carbocycles. The number of hydrogen-bond acceptors (Lipinski definition) is 5. The van der Waals surface area contributed by atoms with Crippen molar-refractivity contribution in [3.05, 3.63) is 64.6 Å². The fourth-order valence-corrected chi connectivity index (χ4v) is 2.90. The second-order valence-corrected chi connectivity index (χ2v) is 6.91. The van der Waals surface area contributed by atoms with E-state index in [1.54, 1.807) is 55.6 Å². The molecule has 0 radical (unpaired) electrons. The minimum Gasteiger partial charge on any atom is -0.497 e. The highest BCUT2D eigenvalue weighted by molar-refractivity contribution is 7.80. The lowest BCUT2D eigenvalue weighted by atomic mass is 10.1. The molecule has 9 heteroatoms. The molecule has 1 amide bonds. The van der Waals surface area contributed by atoms with Gasteiger partial charge in [0.05, 0.1) is 18.5 Å². The van der Waals surface area contributed by atoms with E-state index in [0.29, 0.717) is 10.8 Å². The van der Waals surface area contributed by atoms with Crippen LogP contribution in [-0.4, -0.2) is 27.9 Å². The zero-order valence-corrected chi connectivity index (χ0v) is 17.0. The number of anilines is 1. The first-order valence-electron chi connectivity index (χ1n) is 8.93. The molecule has 0 aliphatic heterocycles. The molecule has 3 N–H and O–H groups in total. The molecule has 1 heterocycles. The highest BCUT2D eigenvalue weighted by Crippen LogP contribution is 2.16. The Morgan fingerprint density at radius 1 is 1.07 bits per heavy atom. The van der Waals surface area contributed by atoms with E-state index in [0.717, 1.165) is 11.4 Å². The summed E-state index contributed by atoms with van der Waals surface area (Å²) >= 11 is 5.21. The number of amides is 1. The van der Waals surface area contributed by atoms with Crippen molar-refractivity contribution in [3.8, 4) is 5.75 Å². The molecule has 0 fully saturated rings. The van der Waals surface area contributed by atoms with Gasteiger partial charge in [-0.3, -0.25) is 20.4 Å². The normalized spacial score (nSPS) is 10.6. The van der Waals surface area contributed by atoms with Crippen LogP contribution in [0.2, 0.25) is 0 Å². The number of carbonyl (C=O) groups excluding carboxylic acids is 1. The average Bonchev–Trinajstić information content (AvgIpc) is 2.73. The van der Waals surface area contributed by atoms with Crippen LogP contribution in [0.3, 0.4) is 0 Å². The van der Waals surface area contributed by atoms with Crippen molar-refractivity contribution in [2.24, 2.45) is 0 Å². The molecule has 1 aromatic heterocycles. The molecule has 8 nitrogen and oxygen atoms in total. The highest BCUT2D eigenvalue weighted by Gasteiger charge is 2.17. The monoisotopic (exact) mass is 411 g/mol. The number of fused-ring (bicyclic) bond motifs is 1. The van der Waals surface area contributed by atoms with Crippen molar-refractivity contribution < 1.29 is 9.53 Å². The number of thiocarbonyl (C=S) groups is 1. The van der Waals surface area contributed by atoms with Crippen molar-refractivity contribution in [2.75, 3.05) is 12.4 Å². The van der Waals surface area contributed by atoms with E-state index < -0.39 is 5.91 Å². The van der Waals surface area contributed by atoms with Crippen molar-refractivity contribution in [3.63, 3.8) is 0 Å². The van der Waals surface area contributed by atoms with Crippen LogP contribution < -0.4 is 26.5 Å². The third-order valence-corrected chi connectivity index (χ3v) is 4.37. The van der Waals surface area contributed by atoms with Crippen molar-refractivity contribution in [2.45, 2.75) is 19.9 Å². The number of hydrogen-bond donors (Lipinski definition) is 3. The Labute approximate surface area is 172 Å². The van der Waals surface area contributed by atoms with Crippen LogP contribution in [0.5, 0.6) is 5.75 Å². The van der Waals surface area contributed by atoms with Crippen LogP contribution in [0.15, 0.2) is 53.3 Å². The molecule has 0 saturated heterocycles. The average molecular weight is 411 g/mol. The van der Waals surface area contributed by atoms with Crippen molar-refractivity contribution in [1.29, 1.82) is 0 Å². The predicted molar refractivity (Wildman–Crippen MR) is 116 cm³/mol. The Hall–Kier alpha value is -3.46. The topological polar surface area (TPSA) is 97.3 Å². The second kappa shape index (κ2) is 8.70. The molecular weight excluding hydrogens is 390 g/mol. The zero-order chi connectivity index (χ0) is 21.0. The lowest BCUT2D eigenvalue weighted by Crippen LogP contribution is -2.44. The maximum Gasteiger partial charge on any atom is 0.290 e. The van der Waals surface area contributed by atoms with Crippen LogP contribution in [0.1, 0.15) is 30.4 Å². The number of carbonyl (C=O) groups is 1. The summed E-state index contributed by atoms with van der Waals surface area (Å²) in [5.74, 6) is 0.218. The van der Waals surface area contributed by atoms with Gasteiger partial charge in [-0.25, -0.2) is 4.68 Å².